The molecule has 0 bridgehead atoms. The van der Waals surface area contributed by atoms with E-state index in [4.69, 9.17) is 4.42 Å². The first kappa shape index (κ1) is 24.4. The predicted octanol–water partition coefficient (Wildman–Crippen LogP) is 4.81. The second-order valence-electron chi connectivity index (χ2n) is 9.10. The van der Waals surface area contributed by atoms with Crippen LogP contribution in [0.5, 0.6) is 0 Å². The Balaban J connectivity index is 1.50. The normalized spacial score (nSPS) is 18.3. The van der Waals surface area contributed by atoms with E-state index < -0.39 is 26.8 Å². The topological polar surface area (TPSA) is 117 Å². The van der Waals surface area contributed by atoms with Gasteiger partial charge in [0.1, 0.15) is 17.2 Å². The number of anilines is 1. The Hall–Kier alpha value is -3.34. The Bertz CT molecular complexity index is 1600. The van der Waals surface area contributed by atoms with Gasteiger partial charge in [0.25, 0.3) is 5.91 Å². The van der Waals surface area contributed by atoms with Crippen molar-refractivity contribution in [2.45, 2.75) is 29.5 Å². The van der Waals surface area contributed by atoms with E-state index in [1.54, 1.807) is 62.4 Å². The number of carbonyl (C=O) groups is 2. The van der Waals surface area contributed by atoms with Gasteiger partial charge in [-0.1, -0.05) is 18.2 Å². The third-order valence-corrected chi connectivity index (χ3v) is 9.52. The van der Waals surface area contributed by atoms with Crippen LogP contribution in [0.15, 0.2) is 76.0 Å². The van der Waals surface area contributed by atoms with Gasteiger partial charge in [0.15, 0.2) is 0 Å². The maximum atomic E-state index is 13.6. The van der Waals surface area contributed by atoms with E-state index in [9.17, 15) is 23.1 Å². The van der Waals surface area contributed by atoms with Gasteiger partial charge in [-0.25, -0.2) is 8.42 Å². The van der Waals surface area contributed by atoms with Crippen LogP contribution in [0.1, 0.15) is 24.2 Å². The number of thioether (sulfide) groups is 1. The van der Waals surface area contributed by atoms with Crippen molar-refractivity contribution in [3.8, 4) is 0 Å². The summed E-state index contributed by atoms with van der Waals surface area (Å²) in [5.41, 5.74) is 2.04. The lowest BCUT2D eigenvalue weighted by molar-refractivity contribution is -0.142. The summed E-state index contributed by atoms with van der Waals surface area (Å²) in [6, 6.07) is 17.4. The molecular formula is C26H24N2O6S2. The summed E-state index contributed by atoms with van der Waals surface area (Å²) in [4.78, 5) is 24.5. The number of carboxylic acids is 1. The lowest BCUT2D eigenvalue weighted by Gasteiger charge is -2.42. The van der Waals surface area contributed by atoms with Crippen LogP contribution in [0.4, 0.5) is 5.69 Å². The summed E-state index contributed by atoms with van der Waals surface area (Å²) < 4.78 is 33.4. The van der Waals surface area contributed by atoms with Gasteiger partial charge in [-0.2, -0.15) is 16.1 Å². The molecule has 2 heterocycles. The van der Waals surface area contributed by atoms with Crippen LogP contribution >= 0.6 is 11.8 Å². The van der Waals surface area contributed by atoms with E-state index in [2.05, 4.69) is 5.32 Å². The highest BCUT2D eigenvalue weighted by Crippen LogP contribution is 2.39. The van der Waals surface area contributed by atoms with Crippen LogP contribution in [-0.2, 0) is 14.8 Å². The molecule has 0 spiro atoms. The zero-order chi connectivity index (χ0) is 25.7. The SMILES string of the molecule is CC1(C)SCCN(S(=O)(=O)c2ccc3oc4cc(NC(=O)c5ccccc5)ccc4c3c2)C1C(=O)O. The molecule has 4 aromatic rings. The molecule has 2 N–H and O–H groups in total. The van der Waals surface area contributed by atoms with Crippen molar-refractivity contribution in [3.05, 3.63) is 72.3 Å². The van der Waals surface area contributed by atoms with E-state index in [-0.39, 0.29) is 17.3 Å². The standard InChI is InChI=1S/C26H24N2O6S2/c1-26(2)23(25(30)31)28(12-13-35-26)36(32,33)18-9-11-21-20(15-18)19-10-8-17(14-22(19)34-21)27-24(29)16-6-4-3-5-7-16/h3-11,14-15,23H,12-13H2,1-2H3,(H,27,29)(H,30,31). The molecule has 0 radical (unpaired) electrons. The van der Waals surface area contributed by atoms with E-state index in [0.717, 1.165) is 4.31 Å². The van der Waals surface area contributed by atoms with Crippen molar-refractivity contribution in [1.29, 1.82) is 0 Å². The average molecular weight is 525 g/mol. The molecule has 0 aliphatic carbocycles. The number of rotatable bonds is 5. The fraction of sp³-hybridized carbons (Fsp3) is 0.231. The molecule has 1 aromatic heterocycles. The van der Waals surface area contributed by atoms with Gasteiger partial charge in [0.2, 0.25) is 10.0 Å². The number of fused-ring (bicyclic) bond motifs is 3. The number of sulfonamides is 1. The number of nitrogens with zero attached hydrogens (tertiary/aromatic N) is 1. The highest BCUT2D eigenvalue weighted by atomic mass is 32.2. The molecule has 36 heavy (non-hydrogen) atoms. The Morgan fingerprint density at radius 2 is 1.78 bits per heavy atom. The smallest absolute Gasteiger partial charge is 0.323 e. The fourth-order valence-electron chi connectivity index (χ4n) is 4.56. The van der Waals surface area contributed by atoms with Crippen molar-refractivity contribution in [2.75, 3.05) is 17.6 Å². The highest BCUT2D eigenvalue weighted by Gasteiger charge is 2.48. The van der Waals surface area contributed by atoms with Crippen LogP contribution < -0.4 is 5.32 Å². The number of amides is 1. The zero-order valence-corrected chi connectivity index (χ0v) is 21.2. The minimum Gasteiger partial charge on any atom is -0.480 e. The molecule has 186 valence electrons. The average Bonchev–Trinajstić information content (AvgIpc) is 3.20. The van der Waals surface area contributed by atoms with Crippen LogP contribution in [0.3, 0.4) is 0 Å². The zero-order valence-electron chi connectivity index (χ0n) is 19.6. The summed E-state index contributed by atoms with van der Waals surface area (Å²) in [6.45, 7) is 3.61. The molecule has 3 aromatic carbocycles. The molecule has 1 aliphatic rings. The molecular weight excluding hydrogens is 500 g/mol. The van der Waals surface area contributed by atoms with Crippen LogP contribution in [-0.4, -0.2) is 52.8 Å². The van der Waals surface area contributed by atoms with E-state index in [1.807, 2.05) is 6.07 Å². The second-order valence-corrected chi connectivity index (χ2v) is 12.7. The van der Waals surface area contributed by atoms with Crippen molar-refractivity contribution in [3.63, 3.8) is 0 Å². The fourth-order valence-corrected chi connectivity index (χ4v) is 7.68. The number of benzene rings is 3. The summed E-state index contributed by atoms with van der Waals surface area (Å²) in [5, 5.41) is 13.9. The molecule has 1 unspecified atom stereocenters. The first-order chi connectivity index (χ1) is 17.1. The largest absolute Gasteiger partial charge is 0.480 e. The van der Waals surface area contributed by atoms with Crippen LogP contribution in [0.25, 0.3) is 21.9 Å². The van der Waals surface area contributed by atoms with Gasteiger partial charge >= 0.3 is 5.97 Å². The minimum absolute atomic E-state index is 0.00751. The van der Waals surface area contributed by atoms with Gasteiger partial charge in [-0.15, -0.1) is 0 Å². The third-order valence-electron chi connectivity index (χ3n) is 6.31. The number of hydrogen-bond acceptors (Lipinski definition) is 6. The molecule has 8 nitrogen and oxygen atoms in total. The summed E-state index contributed by atoms with van der Waals surface area (Å²) in [7, 11) is -4.08. The van der Waals surface area contributed by atoms with Crippen molar-refractivity contribution >= 4 is 61.3 Å². The van der Waals surface area contributed by atoms with Gasteiger partial charge in [0.05, 0.1) is 4.90 Å². The van der Waals surface area contributed by atoms with Crippen LogP contribution in [0.2, 0.25) is 0 Å². The summed E-state index contributed by atoms with van der Waals surface area (Å²) >= 11 is 1.45. The highest BCUT2D eigenvalue weighted by molar-refractivity contribution is 8.00. The maximum absolute atomic E-state index is 13.6. The number of furan rings is 1. The van der Waals surface area contributed by atoms with Crippen molar-refractivity contribution in [2.24, 2.45) is 0 Å². The van der Waals surface area contributed by atoms with Gasteiger partial charge in [-0.05, 0) is 56.3 Å². The molecule has 1 atom stereocenters. The number of carboxylic acid groups (broad SMARTS) is 1. The molecule has 10 heteroatoms. The molecule has 1 amide bonds. The Morgan fingerprint density at radius 3 is 2.50 bits per heavy atom. The van der Waals surface area contributed by atoms with E-state index >= 15 is 0 Å². The molecule has 1 saturated heterocycles. The first-order valence-electron chi connectivity index (χ1n) is 11.3. The van der Waals surface area contributed by atoms with E-state index in [1.165, 1.54) is 23.9 Å². The van der Waals surface area contributed by atoms with Gasteiger partial charge in [-0.3, -0.25) is 9.59 Å². The first-order valence-corrected chi connectivity index (χ1v) is 13.7. The predicted molar refractivity (Wildman–Crippen MR) is 140 cm³/mol. The quantitative estimate of drug-likeness (QED) is 0.385. The molecule has 0 saturated carbocycles. The number of carbonyl (C=O) groups excluding carboxylic acids is 1. The van der Waals surface area contributed by atoms with Gasteiger partial charge in [0, 0.05) is 45.1 Å². The third kappa shape index (κ3) is 4.25. The van der Waals surface area contributed by atoms with Crippen molar-refractivity contribution < 1.29 is 27.5 Å². The van der Waals surface area contributed by atoms with Crippen molar-refractivity contribution in [1.82, 2.24) is 4.31 Å². The van der Waals surface area contributed by atoms with Crippen LogP contribution in [0, 0.1) is 0 Å². The molecule has 1 fully saturated rings. The Morgan fingerprint density at radius 1 is 1.03 bits per heavy atom. The lowest BCUT2D eigenvalue weighted by atomic mass is 10.0. The minimum atomic E-state index is -4.08. The molecule has 5 rings (SSSR count). The number of aliphatic carboxylic acids is 1. The Kier molecular flexibility index (Phi) is 6.06. The maximum Gasteiger partial charge on any atom is 0.323 e. The Labute approximate surface area is 212 Å². The van der Waals surface area contributed by atoms with Gasteiger partial charge < -0.3 is 14.8 Å². The number of nitrogens with one attached hydrogen (secondary N) is 1. The summed E-state index contributed by atoms with van der Waals surface area (Å²) in [6.07, 6.45) is 0. The summed E-state index contributed by atoms with van der Waals surface area (Å²) in [5.74, 6) is -0.921. The molecule has 1 aliphatic heterocycles. The lowest BCUT2D eigenvalue weighted by Crippen LogP contribution is -2.58. The number of hydrogen-bond donors (Lipinski definition) is 2. The van der Waals surface area contributed by atoms with E-state index in [0.29, 0.717) is 38.9 Å². The monoisotopic (exact) mass is 524 g/mol. The second kappa shape index (κ2) is 8.95.